The van der Waals surface area contributed by atoms with Crippen LogP contribution in [0.5, 0.6) is 5.75 Å². The van der Waals surface area contributed by atoms with E-state index in [1.807, 2.05) is 12.1 Å². The van der Waals surface area contributed by atoms with Gasteiger partial charge in [-0.25, -0.2) is 0 Å². The van der Waals surface area contributed by atoms with E-state index < -0.39 is 0 Å². The molecule has 116 valence electrons. The van der Waals surface area contributed by atoms with E-state index in [0.29, 0.717) is 0 Å². The average molecular weight is 322 g/mol. The van der Waals surface area contributed by atoms with Crippen molar-refractivity contribution >= 4 is 28.1 Å². The number of fused-ring (bicyclic) bond motifs is 3. The van der Waals surface area contributed by atoms with E-state index in [1.54, 1.807) is 7.11 Å². The number of nitrogens with zero attached hydrogens (tertiary/aromatic N) is 1. The molecule has 0 radical (unpaired) electrons. The average Bonchev–Trinajstić information content (AvgIpc) is 2.97. The van der Waals surface area contributed by atoms with Crippen molar-refractivity contribution in [2.45, 2.75) is 13.0 Å². The number of hydrogen-bond acceptors (Lipinski definition) is 2. The smallest absolute Gasteiger partial charge is 0.126 e. The molecule has 0 aliphatic carbocycles. The van der Waals surface area contributed by atoms with Gasteiger partial charge in [-0.2, -0.15) is 0 Å². The standard InChI is InChI=1S/C19H18N2OS/c1-22-14-7-8-17-16(11-14)15-9-10-21(19(23)18(15)20-17)12-13-5-3-2-4-6-13/h2-8,11,20H,9-10,12H2,1H3. The third-order valence-electron chi connectivity index (χ3n) is 4.46. The molecule has 1 aliphatic heterocycles. The molecule has 0 spiro atoms. The molecule has 3 nitrogen and oxygen atoms in total. The number of nitrogens with one attached hydrogen (secondary N) is 1. The minimum Gasteiger partial charge on any atom is -0.497 e. The van der Waals surface area contributed by atoms with Crippen LogP contribution in [0.15, 0.2) is 48.5 Å². The Morgan fingerprint density at radius 2 is 2.00 bits per heavy atom. The highest BCUT2D eigenvalue weighted by Crippen LogP contribution is 2.31. The molecule has 4 rings (SSSR count). The van der Waals surface area contributed by atoms with Gasteiger partial charge in [-0.15, -0.1) is 0 Å². The number of thiocarbonyl (C=S) groups is 1. The summed E-state index contributed by atoms with van der Waals surface area (Å²) < 4.78 is 5.35. The zero-order valence-corrected chi connectivity index (χ0v) is 13.8. The Morgan fingerprint density at radius 3 is 2.78 bits per heavy atom. The summed E-state index contributed by atoms with van der Waals surface area (Å²) in [5.41, 5.74) is 4.81. The van der Waals surface area contributed by atoms with Crippen LogP contribution in [0.1, 0.15) is 16.8 Å². The van der Waals surface area contributed by atoms with Crippen LogP contribution in [0, 0.1) is 0 Å². The first-order valence-corrected chi connectivity index (χ1v) is 8.19. The van der Waals surface area contributed by atoms with Crippen molar-refractivity contribution in [1.82, 2.24) is 9.88 Å². The van der Waals surface area contributed by atoms with Gasteiger partial charge in [-0.1, -0.05) is 42.5 Å². The molecule has 0 bridgehead atoms. The maximum atomic E-state index is 5.75. The lowest BCUT2D eigenvalue weighted by Crippen LogP contribution is -2.36. The quantitative estimate of drug-likeness (QED) is 0.741. The van der Waals surface area contributed by atoms with Crippen LogP contribution in [0.4, 0.5) is 0 Å². The molecular weight excluding hydrogens is 304 g/mol. The van der Waals surface area contributed by atoms with Crippen LogP contribution in [-0.2, 0) is 13.0 Å². The summed E-state index contributed by atoms with van der Waals surface area (Å²) in [5.74, 6) is 0.886. The molecular formula is C19H18N2OS. The van der Waals surface area contributed by atoms with E-state index in [0.717, 1.165) is 41.5 Å². The lowest BCUT2D eigenvalue weighted by atomic mass is 10.0. The third-order valence-corrected chi connectivity index (χ3v) is 4.92. The molecule has 23 heavy (non-hydrogen) atoms. The zero-order chi connectivity index (χ0) is 15.8. The fourth-order valence-electron chi connectivity index (χ4n) is 3.26. The van der Waals surface area contributed by atoms with Gasteiger partial charge in [0.15, 0.2) is 0 Å². The summed E-state index contributed by atoms with van der Waals surface area (Å²) in [5, 5.41) is 1.22. The van der Waals surface area contributed by atoms with Gasteiger partial charge < -0.3 is 14.6 Å². The Kier molecular flexibility index (Phi) is 3.54. The molecule has 0 saturated carbocycles. The van der Waals surface area contributed by atoms with Gasteiger partial charge in [0.2, 0.25) is 0 Å². The topological polar surface area (TPSA) is 28.3 Å². The van der Waals surface area contributed by atoms with Gasteiger partial charge in [-0.05, 0) is 35.7 Å². The number of ether oxygens (including phenoxy) is 1. The van der Waals surface area contributed by atoms with E-state index in [4.69, 9.17) is 17.0 Å². The number of aromatic nitrogens is 1. The monoisotopic (exact) mass is 322 g/mol. The van der Waals surface area contributed by atoms with Crippen molar-refractivity contribution in [2.75, 3.05) is 13.7 Å². The van der Waals surface area contributed by atoms with Crippen LogP contribution in [0.2, 0.25) is 0 Å². The summed E-state index contributed by atoms with van der Waals surface area (Å²) >= 11 is 5.75. The van der Waals surface area contributed by atoms with Gasteiger partial charge in [0, 0.05) is 24.0 Å². The lowest BCUT2D eigenvalue weighted by Gasteiger charge is -2.29. The SMILES string of the molecule is COc1ccc2[nH]c3c(c2c1)CCN(Cc1ccccc1)C3=S. The Bertz CT molecular complexity index is 870. The highest BCUT2D eigenvalue weighted by molar-refractivity contribution is 7.80. The molecule has 0 amide bonds. The normalized spacial score (nSPS) is 14.1. The van der Waals surface area contributed by atoms with Crippen LogP contribution in [0.25, 0.3) is 10.9 Å². The molecule has 3 aromatic rings. The van der Waals surface area contributed by atoms with Crippen molar-refractivity contribution in [3.63, 3.8) is 0 Å². The zero-order valence-electron chi connectivity index (χ0n) is 13.0. The third kappa shape index (κ3) is 2.49. The van der Waals surface area contributed by atoms with Gasteiger partial charge in [0.05, 0.1) is 12.8 Å². The number of aromatic amines is 1. The van der Waals surface area contributed by atoms with Crippen LogP contribution in [-0.4, -0.2) is 28.5 Å². The maximum Gasteiger partial charge on any atom is 0.126 e. The number of rotatable bonds is 3. The number of hydrogen-bond donors (Lipinski definition) is 1. The number of H-pyrrole nitrogens is 1. The summed E-state index contributed by atoms with van der Waals surface area (Å²) in [6.07, 6.45) is 0.996. The van der Waals surface area contributed by atoms with Crippen molar-refractivity contribution < 1.29 is 4.74 Å². The van der Waals surface area contributed by atoms with Gasteiger partial charge in [0.1, 0.15) is 10.7 Å². The van der Waals surface area contributed by atoms with Gasteiger partial charge in [0.25, 0.3) is 0 Å². The molecule has 1 N–H and O–H groups in total. The molecule has 0 saturated heterocycles. The lowest BCUT2D eigenvalue weighted by molar-refractivity contribution is 0.413. The molecule has 2 aromatic carbocycles. The fourth-order valence-corrected chi connectivity index (χ4v) is 3.59. The van der Waals surface area contributed by atoms with E-state index in [9.17, 15) is 0 Å². The predicted molar refractivity (Wildman–Crippen MR) is 97.1 cm³/mol. The first-order chi connectivity index (χ1) is 11.3. The van der Waals surface area contributed by atoms with Crippen molar-refractivity contribution in [3.05, 3.63) is 65.4 Å². The summed E-state index contributed by atoms with van der Waals surface area (Å²) in [7, 11) is 1.70. The minimum atomic E-state index is 0.859. The molecule has 2 heterocycles. The molecule has 0 unspecified atom stereocenters. The van der Waals surface area contributed by atoms with E-state index in [1.165, 1.54) is 16.5 Å². The number of methoxy groups -OCH3 is 1. The van der Waals surface area contributed by atoms with Crippen molar-refractivity contribution in [2.24, 2.45) is 0 Å². The second-order valence-corrected chi connectivity index (χ2v) is 6.24. The summed E-state index contributed by atoms with van der Waals surface area (Å²) in [6.45, 7) is 1.81. The largest absolute Gasteiger partial charge is 0.497 e. The van der Waals surface area contributed by atoms with Crippen LogP contribution >= 0.6 is 12.2 Å². The summed E-state index contributed by atoms with van der Waals surface area (Å²) in [6, 6.07) is 16.6. The Morgan fingerprint density at radius 1 is 1.17 bits per heavy atom. The summed E-state index contributed by atoms with van der Waals surface area (Å²) in [4.78, 5) is 6.68. The van der Waals surface area contributed by atoms with Gasteiger partial charge >= 0.3 is 0 Å². The predicted octanol–water partition coefficient (Wildman–Crippen LogP) is 3.91. The molecule has 1 aliphatic rings. The van der Waals surface area contributed by atoms with E-state index in [2.05, 4.69) is 46.3 Å². The molecule has 4 heteroatoms. The van der Waals surface area contributed by atoms with Crippen LogP contribution < -0.4 is 4.74 Å². The minimum absolute atomic E-state index is 0.859. The number of benzene rings is 2. The van der Waals surface area contributed by atoms with Crippen LogP contribution in [0.3, 0.4) is 0 Å². The molecule has 0 atom stereocenters. The van der Waals surface area contributed by atoms with Crippen molar-refractivity contribution in [1.29, 1.82) is 0 Å². The fraction of sp³-hybridized carbons (Fsp3) is 0.211. The maximum absolute atomic E-state index is 5.75. The highest BCUT2D eigenvalue weighted by Gasteiger charge is 2.25. The molecule has 1 aromatic heterocycles. The second-order valence-electron chi connectivity index (χ2n) is 5.85. The van der Waals surface area contributed by atoms with E-state index in [-0.39, 0.29) is 0 Å². The second kappa shape index (κ2) is 5.70. The molecule has 0 fully saturated rings. The van der Waals surface area contributed by atoms with E-state index >= 15 is 0 Å². The Hall–Kier alpha value is -2.33. The Labute approximate surface area is 140 Å². The first kappa shape index (κ1) is 14.3. The van der Waals surface area contributed by atoms with Gasteiger partial charge in [-0.3, -0.25) is 0 Å². The highest BCUT2D eigenvalue weighted by atomic mass is 32.1. The van der Waals surface area contributed by atoms with Crippen molar-refractivity contribution in [3.8, 4) is 5.75 Å². The Balaban J connectivity index is 1.69. The first-order valence-electron chi connectivity index (χ1n) is 7.78.